The number of esters is 1. The normalized spacial score (nSPS) is 11.5. The first kappa shape index (κ1) is 19.8. The first-order valence-corrected chi connectivity index (χ1v) is 8.48. The van der Waals surface area contributed by atoms with E-state index in [-0.39, 0.29) is 42.4 Å². The fourth-order valence-corrected chi connectivity index (χ4v) is 1.94. The number of alkyl halides is 1. The van der Waals surface area contributed by atoms with Gasteiger partial charge in [0.25, 0.3) is 11.6 Å². The third-order valence-electron chi connectivity index (χ3n) is 2.98. The van der Waals surface area contributed by atoms with Crippen LogP contribution < -0.4 is 0 Å². The van der Waals surface area contributed by atoms with Crippen molar-refractivity contribution in [3.63, 3.8) is 0 Å². The highest BCUT2D eigenvalue weighted by Crippen LogP contribution is 2.25. The summed E-state index contributed by atoms with van der Waals surface area (Å²) in [6.45, 7) is 3.48. The van der Waals surface area contributed by atoms with Crippen LogP contribution in [0.3, 0.4) is 0 Å². The van der Waals surface area contributed by atoms with Crippen molar-refractivity contribution in [1.29, 1.82) is 0 Å². The Kier molecular flexibility index (Phi) is 8.11. The van der Waals surface area contributed by atoms with Crippen LogP contribution in [0.15, 0.2) is 30.2 Å². The molecule has 0 aromatic heterocycles. The van der Waals surface area contributed by atoms with Crippen molar-refractivity contribution >= 4 is 38.9 Å². The number of ketones is 1. The number of non-ortho nitro benzene ring substituents is 1. The summed E-state index contributed by atoms with van der Waals surface area (Å²) in [4.78, 5) is 34.2. The molecule has 0 radical (unpaired) electrons. The summed E-state index contributed by atoms with van der Waals surface area (Å²) >= 11 is 3.20. The van der Waals surface area contributed by atoms with Crippen molar-refractivity contribution in [2.75, 3.05) is 11.9 Å². The van der Waals surface area contributed by atoms with Gasteiger partial charge in [0.05, 0.1) is 4.92 Å². The zero-order valence-electron chi connectivity index (χ0n) is 13.4. The van der Waals surface area contributed by atoms with Crippen molar-refractivity contribution in [2.45, 2.75) is 26.7 Å². The Morgan fingerprint density at radius 3 is 2.25 bits per heavy atom. The van der Waals surface area contributed by atoms with E-state index in [0.29, 0.717) is 10.9 Å². The van der Waals surface area contributed by atoms with Crippen LogP contribution in [0.5, 0.6) is 0 Å². The highest BCUT2D eigenvalue weighted by Gasteiger charge is 2.22. The number of carbonyl (C=O) groups excluding carboxylic acids is 2. The Labute approximate surface area is 147 Å². The summed E-state index contributed by atoms with van der Waals surface area (Å²) in [5, 5.41) is 11.2. The van der Waals surface area contributed by atoms with Crippen molar-refractivity contribution in [1.82, 2.24) is 0 Å². The zero-order valence-corrected chi connectivity index (χ0v) is 15.0. The maximum absolute atomic E-state index is 12.3. The van der Waals surface area contributed by atoms with E-state index in [9.17, 15) is 19.7 Å². The van der Waals surface area contributed by atoms with Crippen LogP contribution >= 0.6 is 15.9 Å². The minimum atomic E-state index is -0.539. The molecular weight excluding hydrogens is 382 g/mol. The van der Waals surface area contributed by atoms with E-state index in [2.05, 4.69) is 15.9 Å². The summed E-state index contributed by atoms with van der Waals surface area (Å²) < 4.78 is 10.6. The standard InChI is InChI=1S/C16H18BrNO6/c1-3-13(19)15(11-5-7-12(8-6-11)18(21)22)16(23-10-9-17)24-14(20)4-2/h5-8H,3-4,9-10H2,1-2H3/b16-15+. The Morgan fingerprint density at radius 2 is 1.79 bits per heavy atom. The Hall–Kier alpha value is -2.22. The predicted molar refractivity (Wildman–Crippen MR) is 91.4 cm³/mol. The average molecular weight is 400 g/mol. The highest BCUT2D eigenvalue weighted by atomic mass is 79.9. The quantitative estimate of drug-likeness (QED) is 0.157. The Morgan fingerprint density at radius 1 is 1.17 bits per heavy atom. The highest BCUT2D eigenvalue weighted by molar-refractivity contribution is 9.09. The van der Waals surface area contributed by atoms with E-state index in [0.717, 1.165) is 0 Å². The molecule has 0 atom stereocenters. The van der Waals surface area contributed by atoms with Crippen LogP contribution in [0.1, 0.15) is 32.3 Å². The molecule has 0 fully saturated rings. The summed E-state index contributed by atoms with van der Waals surface area (Å²) in [5.41, 5.74) is 0.381. The largest absolute Gasteiger partial charge is 0.464 e. The SMILES string of the molecule is CCC(=O)O/C(OCCBr)=C(/C(=O)CC)c1ccc([N+](=O)[O-])cc1. The van der Waals surface area contributed by atoms with Gasteiger partial charge in [-0.25, -0.2) is 0 Å². The molecule has 1 aromatic rings. The van der Waals surface area contributed by atoms with Crippen molar-refractivity contribution in [3.05, 3.63) is 45.9 Å². The number of allylic oxidation sites excluding steroid dienone is 1. The van der Waals surface area contributed by atoms with Gasteiger partial charge in [0.1, 0.15) is 12.2 Å². The van der Waals surface area contributed by atoms with Crippen molar-refractivity contribution in [2.24, 2.45) is 0 Å². The van der Waals surface area contributed by atoms with E-state index >= 15 is 0 Å². The fraction of sp³-hybridized carbons (Fsp3) is 0.375. The molecule has 0 N–H and O–H groups in total. The zero-order chi connectivity index (χ0) is 18.1. The molecule has 0 aliphatic rings. The van der Waals surface area contributed by atoms with Crippen LogP contribution in [0.25, 0.3) is 5.57 Å². The van der Waals surface area contributed by atoms with Gasteiger partial charge in [-0.3, -0.25) is 19.7 Å². The molecule has 0 saturated heterocycles. The molecule has 0 unspecified atom stereocenters. The topological polar surface area (TPSA) is 95.7 Å². The van der Waals surface area contributed by atoms with Gasteiger partial charge in [0, 0.05) is 30.3 Å². The summed E-state index contributed by atoms with van der Waals surface area (Å²) in [6.07, 6.45) is 0.284. The van der Waals surface area contributed by atoms with Gasteiger partial charge in [-0.05, 0) is 17.7 Å². The predicted octanol–water partition coefficient (Wildman–Crippen LogP) is 3.61. The second-order valence-electron chi connectivity index (χ2n) is 4.61. The van der Waals surface area contributed by atoms with E-state index in [1.165, 1.54) is 24.3 Å². The second-order valence-corrected chi connectivity index (χ2v) is 5.40. The van der Waals surface area contributed by atoms with Crippen LogP contribution in [-0.2, 0) is 19.1 Å². The molecule has 7 nitrogen and oxygen atoms in total. The number of rotatable bonds is 9. The van der Waals surface area contributed by atoms with Gasteiger partial charge in [0.2, 0.25) is 0 Å². The van der Waals surface area contributed by atoms with Gasteiger partial charge < -0.3 is 9.47 Å². The number of Topliss-reactive ketones (excluding diaryl/α,β-unsaturated/α-hetero) is 1. The first-order valence-electron chi connectivity index (χ1n) is 7.36. The van der Waals surface area contributed by atoms with E-state index in [1.54, 1.807) is 13.8 Å². The van der Waals surface area contributed by atoms with E-state index in [4.69, 9.17) is 9.47 Å². The third kappa shape index (κ3) is 5.45. The van der Waals surface area contributed by atoms with Gasteiger partial charge in [-0.1, -0.05) is 29.8 Å². The molecule has 0 saturated carbocycles. The molecule has 1 rings (SSSR count). The molecule has 0 heterocycles. The minimum Gasteiger partial charge on any atom is -0.464 e. The number of nitrogens with zero attached hydrogens (tertiary/aromatic N) is 1. The average Bonchev–Trinajstić information content (AvgIpc) is 2.59. The van der Waals surface area contributed by atoms with Crippen LogP contribution in [-0.4, -0.2) is 28.6 Å². The number of hydrogen-bond acceptors (Lipinski definition) is 6. The summed E-state index contributed by atoms with van der Waals surface area (Å²) in [7, 11) is 0. The maximum atomic E-state index is 12.3. The lowest BCUT2D eigenvalue weighted by molar-refractivity contribution is -0.384. The minimum absolute atomic E-state index is 0.0927. The smallest absolute Gasteiger partial charge is 0.313 e. The lowest BCUT2D eigenvalue weighted by Gasteiger charge is -2.14. The number of hydrogen-bond donors (Lipinski definition) is 0. The maximum Gasteiger partial charge on any atom is 0.313 e. The monoisotopic (exact) mass is 399 g/mol. The van der Waals surface area contributed by atoms with Gasteiger partial charge in [0.15, 0.2) is 5.78 Å². The fourth-order valence-electron chi connectivity index (χ4n) is 1.78. The van der Waals surface area contributed by atoms with E-state index in [1.807, 2.05) is 0 Å². The molecule has 0 aliphatic heterocycles. The van der Waals surface area contributed by atoms with Gasteiger partial charge in [-0.15, -0.1) is 0 Å². The van der Waals surface area contributed by atoms with Gasteiger partial charge >= 0.3 is 5.97 Å². The molecule has 8 heteroatoms. The number of nitro groups is 1. The Balaban J connectivity index is 3.38. The van der Waals surface area contributed by atoms with Gasteiger partial charge in [-0.2, -0.15) is 0 Å². The summed E-state index contributed by atoms with van der Waals surface area (Å²) in [6, 6.07) is 5.42. The number of carbonyl (C=O) groups is 2. The number of ether oxygens (including phenoxy) is 2. The molecular formula is C16H18BrNO6. The van der Waals surface area contributed by atoms with Crippen LogP contribution in [0, 0.1) is 10.1 Å². The molecule has 130 valence electrons. The first-order chi connectivity index (χ1) is 11.4. The van der Waals surface area contributed by atoms with Crippen LogP contribution in [0.2, 0.25) is 0 Å². The third-order valence-corrected chi connectivity index (χ3v) is 3.30. The van der Waals surface area contributed by atoms with Crippen molar-refractivity contribution < 1.29 is 24.0 Å². The molecule has 0 bridgehead atoms. The molecule has 0 amide bonds. The number of halogens is 1. The molecule has 1 aromatic carbocycles. The molecule has 0 aliphatic carbocycles. The van der Waals surface area contributed by atoms with Crippen LogP contribution in [0.4, 0.5) is 5.69 Å². The number of nitro benzene ring substituents is 1. The number of benzene rings is 1. The lowest BCUT2D eigenvalue weighted by atomic mass is 10.0. The molecule has 24 heavy (non-hydrogen) atoms. The Bertz CT molecular complexity index is 638. The molecule has 0 spiro atoms. The summed E-state index contributed by atoms with van der Waals surface area (Å²) in [5.74, 6) is -1.01. The van der Waals surface area contributed by atoms with E-state index < -0.39 is 10.9 Å². The lowest BCUT2D eigenvalue weighted by Crippen LogP contribution is -2.13. The second kappa shape index (κ2) is 9.82. The van der Waals surface area contributed by atoms with Crippen molar-refractivity contribution in [3.8, 4) is 0 Å².